The zero-order chi connectivity index (χ0) is 18.9. The van der Waals surface area contributed by atoms with Crippen LogP contribution < -0.4 is 0 Å². The first-order valence-electron chi connectivity index (χ1n) is 9.55. The molecule has 1 fully saturated rings. The van der Waals surface area contributed by atoms with E-state index < -0.39 is 0 Å². The van der Waals surface area contributed by atoms with Gasteiger partial charge in [0.25, 0.3) is 0 Å². The number of rotatable bonds is 5. The minimum Gasteiger partial charge on any atom is -0.346 e. The Morgan fingerprint density at radius 3 is 2.82 bits per heavy atom. The van der Waals surface area contributed by atoms with Gasteiger partial charge in [-0.3, -0.25) is 9.20 Å². The highest BCUT2D eigenvalue weighted by atomic mass is 32.1. The summed E-state index contributed by atoms with van der Waals surface area (Å²) in [6.07, 6.45) is 8.39. The van der Waals surface area contributed by atoms with E-state index >= 15 is 0 Å². The topological polar surface area (TPSA) is 55.4 Å². The van der Waals surface area contributed by atoms with Gasteiger partial charge in [0.1, 0.15) is 0 Å². The van der Waals surface area contributed by atoms with Crippen molar-refractivity contribution < 1.29 is 4.79 Å². The van der Waals surface area contributed by atoms with Crippen LogP contribution in [0.4, 0.5) is 0 Å². The van der Waals surface area contributed by atoms with Crippen LogP contribution in [-0.4, -0.2) is 36.5 Å². The van der Waals surface area contributed by atoms with Crippen molar-refractivity contribution in [1.82, 2.24) is 24.1 Å². The molecule has 0 aliphatic carbocycles. The summed E-state index contributed by atoms with van der Waals surface area (Å²) < 4.78 is 4.12. The van der Waals surface area contributed by atoms with Crippen molar-refractivity contribution >= 4 is 22.9 Å². The maximum Gasteiger partial charge on any atom is 0.225 e. The fourth-order valence-electron chi connectivity index (χ4n) is 4.12. The lowest BCUT2D eigenvalue weighted by Gasteiger charge is -2.26. The van der Waals surface area contributed by atoms with Crippen LogP contribution in [0.3, 0.4) is 0 Å². The Bertz CT molecular complexity index is 1040. The summed E-state index contributed by atoms with van der Waals surface area (Å²) in [5, 5.41) is 12.9. The third kappa shape index (κ3) is 3.01. The molecule has 7 heteroatoms. The molecular weight excluding hydrogens is 370 g/mol. The molecule has 2 atom stereocenters. The maximum atomic E-state index is 13.3. The van der Waals surface area contributed by atoms with Crippen molar-refractivity contribution in [2.24, 2.45) is 0 Å². The van der Waals surface area contributed by atoms with Crippen LogP contribution in [0.1, 0.15) is 42.7 Å². The van der Waals surface area contributed by atoms with Crippen LogP contribution in [0.25, 0.3) is 5.65 Å². The monoisotopic (exact) mass is 391 g/mol. The highest BCUT2D eigenvalue weighted by Crippen LogP contribution is 2.34. The van der Waals surface area contributed by atoms with Crippen LogP contribution in [0.15, 0.2) is 65.7 Å². The van der Waals surface area contributed by atoms with Gasteiger partial charge < -0.3 is 9.47 Å². The second kappa shape index (κ2) is 7.24. The molecule has 4 aromatic rings. The Hall–Kier alpha value is -2.93. The molecular formula is C21H21N5OS. The Labute approximate surface area is 167 Å². The normalized spacial score (nSPS) is 18.0. The molecule has 5 rings (SSSR count). The molecule has 1 amide bonds. The number of aromatic nitrogens is 4. The number of hydrogen-bond donors (Lipinski definition) is 0. The van der Waals surface area contributed by atoms with Crippen molar-refractivity contribution in [3.8, 4) is 0 Å². The number of nitrogens with zero attached hydrogens (tertiary/aromatic N) is 5. The average molecular weight is 392 g/mol. The first-order chi connectivity index (χ1) is 13.8. The smallest absolute Gasteiger partial charge is 0.225 e. The van der Waals surface area contributed by atoms with Crippen LogP contribution in [0.2, 0.25) is 0 Å². The van der Waals surface area contributed by atoms with E-state index in [1.165, 1.54) is 5.56 Å². The summed E-state index contributed by atoms with van der Waals surface area (Å²) in [4.78, 5) is 15.3. The van der Waals surface area contributed by atoms with E-state index in [2.05, 4.69) is 31.6 Å². The minimum absolute atomic E-state index is 0.0160. The predicted molar refractivity (Wildman–Crippen MR) is 108 cm³/mol. The van der Waals surface area contributed by atoms with Gasteiger partial charge in [0.15, 0.2) is 11.5 Å². The highest BCUT2D eigenvalue weighted by molar-refractivity contribution is 7.08. The van der Waals surface area contributed by atoms with E-state index in [0.29, 0.717) is 6.42 Å². The van der Waals surface area contributed by atoms with Crippen molar-refractivity contribution in [2.45, 2.75) is 31.3 Å². The molecule has 0 saturated carbocycles. The molecule has 4 aromatic heterocycles. The quantitative estimate of drug-likeness (QED) is 0.518. The van der Waals surface area contributed by atoms with E-state index in [0.717, 1.165) is 30.9 Å². The Morgan fingerprint density at radius 2 is 2.00 bits per heavy atom. The SMILES string of the molecule is O=C(C[C@H](c1ccsc1)n1cccc1)N1CCC[C@@H]1c1nnc2ccccn12. The summed E-state index contributed by atoms with van der Waals surface area (Å²) >= 11 is 1.66. The fourth-order valence-corrected chi connectivity index (χ4v) is 4.83. The average Bonchev–Trinajstić information content (AvgIpc) is 3.52. The van der Waals surface area contributed by atoms with E-state index in [1.807, 2.05) is 58.2 Å². The van der Waals surface area contributed by atoms with Gasteiger partial charge in [0.05, 0.1) is 18.5 Å². The van der Waals surface area contributed by atoms with E-state index in [1.54, 1.807) is 11.3 Å². The van der Waals surface area contributed by atoms with Crippen molar-refractivity contribution in [1.29, 1.82) is 0 Å². The molecule has 1 saturated heterocycles. The molecule has 0 unspecified atom stereocenters. The molecule has 1 aliphatic heterocycles. The van der Waals surface area contributed by atoms with Gasteiger partial charge in [-0.15, -0.1) is 10.2 Å². The van der Waals surface area contributed by atoms with E-state index in [-0.39, 0.29) is 18.0 Å². The lowest BCUT2D eigenvalue weighted by molar-refractivity contribution is -0.132. The highest BCUT2D eigenvalue weighted by Gasteiger charge is 2.34. The number of likely N-dealkylation sites (tertiary alicyclic amines) is 1. The van der Waals surface area contributed by atoms with Crippen molar-refractivity contribution in [3.63, 3.8) is 0 Å². The predicted octanol–water partition coefficient (Wildman–Crippen LogP) is 3.94. The molecule has 5 heterocycles. The minimum atomic E-state index is -0.0160. The Kier molecular flexibility index (Phi) is 4.44. The van der Waals surface area contributed by atoms with Gasteiger partial charge in [0, 0.05) is 25.1 Å². The summed E-state index contributed by atoms with van der Waals surface area (Å²) in [7, 11) is 0. The van der Waals surface area contributed by atoms with E-state index in [4.69, 9.17) is 0 Å². The third-order valence-electron chi connectivity index (χ3n) is 5.49. The number of fused-ring (bicyclic) bond motifs is 1. The van der Waals surface area contributed by atoms with E-state index in [9.17, 15) is 4.79 Å². The summed E-state index contributed by atoms with van der Waals surface area (Å²) in [5.41, 5.74) is 2.00. The molecule has 0 radical (unpaired) electrons. The lowest BCUT2D eigenvalue weighted by atomic mass is 10.1. The molecule has 0 bridgehead atoms. The molecule has 0 aromatic carbocycles. The first-order valence-corrected chi connectivity index (χ1v) is 10.5. The summed E-state index contributed by atoms with van der Waals surface area (Å²) in [6.45, 7) is 0.771. The van der Waals surface area contributed by atoms with Crippen LogP contribution in [0, 0.1) is 0 Å². The Morgan fingerprint density at radius 1 is 1.14 bits per heavy atom. The van der Waals surface area contributed by atoms with Gasteiger partial charge in [-0.2, -0.15) is 11.3 Å². The summed E-state index contributed by atoms with van der Waals surface area (Å²) in [5.74, 6) is 1.02. The number of amides is 1. The molecule has 6 nitrogen and oxygen atoms in total. The fraction of sp³-hybridized carbons (Fsp3) is 0.286. The zero-order valence-corrected chi connectivity index (χ0v) is 16.2. The van der Waals surface area contributed by atoms with Gasteiger partial charge >= 0.3 is 0 Å². The van der Waals surface area contributed by atoms with Gasteiger partial charge in [-0.1, -0.05) is 6.07 Å². The number of carbonyl (C=O) groups excluding carboxylic acids is 1. The number of thiophene rings is 1. The maximum absolute atomic E-state index is 13.3. The second-order valence-electron chi connectivity index (χ2n) is 7.14. The van der Waals surface area contributed by atoms with Crippen LogP contribution in [-0.2, 0) is 4.79 Å². The molecule has 28 heavy (non-hydrogen) atoms. The lowest BCUT2D eigenvalue weighted by Crippen LogP contribution is -2.33. The van der Waals surface area contributed by atoms with Crippen LogP contribution in [0.5, 0.6) is 0 Å². The Balaban J connectivity index is 1.42. The largest absolute Gasteiger partial charge is 0.346 e. The molecule has 1 aliphatic rings. The molecule has 0 N–H and O–H groups in total. The summed E-state index contributed by atoms with van der Waals surface area (Å²) in [6, 6.07) is 12.0. The van der Waals surface area contributed by atoms with Gasteiger partial charge in [-0.05, 0) is 59.5 Å². The van der Waals surface area contributed by atoms with Gasteiger partial charge in [0.2, 0.25) is 5.91 Å². The number of carbonyl (C=O) groups is 1. The second-order valence-corrected chi connectivity index (χ2v) is 7.92. The van der Waals surface area contributed by atoms with Gasteiger partial charge in [-0.25, -0.2) is 0 Å². The third-order valence-corrected chi connectivity index (χ3v) is 6.20. The zero-order valence-electron chi connectivity index (χ0n) is 15.4. The first kappa shape index (κ1) is 17.2. The van der Waals surface area contributed by atoms with Crippen molar-refractivity contribution in [3.05, 3.63) is 77.1 Å². The number of pyridine rings is 1. The molecule has 0 spiro atoms. The van der Waals surface area contributed by atoms with Crippen molar-refractivity contribution in [2.75, 3.05) is 6.54 Å². The number of hydrogen-bond acceptors (Lipinski definition) is 4. The molecule has 142 valence electrons. The van der Waals surface area contributed by atoms with Crippen LogP contribution >= 0.6 is 11.3 Å². The standard InChI is InChI=1S/C21H21N5OS/c27-20(14-18(16-8-13-28-15-16)24-9-3-4-10-24)25-12-5-6-17(25)21-23-22-19-7-1-2-11-26(19)21/h1-4,7-11,13,15,17-18H,5-6,12,14H2/t17-,18-/m1/s1.